The van der Waals surface area contributed by atoms with E-state index in [1.165, 1.54) is 12.8 Å². The Hall–Kier alpha value is -2.69. The smallest absolute Gasteiger partial charge is 0.180 e. The van der Waals surface area contributed by atoms with Crippen LogP contribution in [0.25, 0.3) is 16.9 Å². The SMILES string of the molecule is Cc1cc(-c2cnc3c(NCC(C)C)nccn23)cc(C)c1C(=O)CC1CC1. The fraction of sp³-hybridized carbons (Fsp3) is 0.435. The van der Waals surface area contributed by atoms with E-state index >= 15 is 0 Å². The summed E-state index contributed by atoms with van der Waals surface area (Å²) in [4.78, 5) is 21.7. The van der Waals surface area contributed by atoms with Crippen LogP contribution in [0.3, 0.4) is 0 Å². The highest BCUT2D eigenvalue weighted by Crippen LogP contribution is 2.35. The van der Waals surface area contributed by atoms with Gasteiger partial charge in [-0.05, 0) is 61.8 Å². The van der Waals surface area contributed by atoms with Gasteiger partial charge in [-0.25, -0.2) is 9.97 Å². The predicted molar refractivity (Wildman–Crippen MR) is 113 cm³/mol. The normalized spacial score (nSPS) is 14.0. The van der Waals surface area contributed by atoms with Crippen LogP contribution in [0.15, 0.2) is 30.7 Å². The number of hydrogen-bond acceptors (Lipinski definition) is 4. The lowest BCUT2D eigenvalue weighted by atomic mass is 9.93. The highest BCUT2D eigenvalue weighted by atomic mass is 16.1. The number of Topliss-reactive ketones (excluding diaryl/α,β-unsaturated/α-hetero) is 1. The molecule has 1 N–H and O–H groups in total. The molecule has 0 amide bonds. The number of carbonyl (C=O) groups excluding carboxylic acids is 1. The van der Waals surface area contributed by atoms with E-state index in [0.29, 0.717) is 18.3 Å². The molecule has 0 radical (unpaired) electrons. The van der Waals surface area contributed by atoms with E-state index in [1.54, 1.807) is 6.20 Å². The third-order valence-corrected chi connectivity index (χ3v) is 5.38. The number of nitrogens with one attached hydrogen (secondary N) is 1. The van der Waals surface area contributed by atoms with Crippen molar-refractivity contribution < 1.29 is 4.79 Å². The zero-order valence-corrected chi connectivity index (χ0v) is 17.1. The minimum Gasteiger partial charge on any atom is -0.367 e. The van der Waals surface area contributed by atoms with Gasteiger partial charge in [-0.1, -0.05) is 13.8 Å². The molecule has 1 aliphatic carbocycles. The van der Waals surface area contributed by atoms with E-state index in [-0.39, 0.29) is 5.78 Å². The van der Waals surface area contributed by atoms with Crippen molar-refractivity contribution in [2.24, 2.45) is 11.8 Å². The molecule has 0 spiro atoms. The van der Waals surface area contributed by atoms with Crippen molar-refractivity contribution >= 4 is 17.2 Å². The summed E-state index contributed by atoms with van der Waals surface area (Å²) in [6, 6.07) is 4.22. The van der Waals surface area contributed by atoms with Gasteiger partial charge < -0.3 is 5.32 Å². The first-order valence-corrected chi connectivity index (χ1v) is 10.1. The third kappa shape index (κ3) is 3.66. The molecule has 5 nitrogen and oxygen atoms in total. The highest BCUT2D eigenvalue weighted by molar-refractivity contribution is 5.99. The lowest BCUT2D eigenvalue weighted by Crippen LogP contribution is -2.10. The Morgan fingerprint density at radius 3 is 2.57 bits per heavy atom. The van der Waals surface area contributed by atoms with Gasteiger partial charge in [0.25, 0.3) is 0 Å². The third-order valence-electron chi connectivity index (χ3n) is 5.38. The standard InChI is InChI=1S/C23H28N4O/c1-14(2)12-25-22-23-26-13-19(27(23)8-7-24-22)18-9-15(3)21(16(4)10-18)20(28)11-17-5-6-17/h7-10,13-14,17H,5-6,11-12H2,1-4H3,(H,24,25). The van der Waals surface area contributed by atoms with Crippen molar-refractivity contribution in [2.75, 3.05) is 11.9 Å². The molecule has 1 aromatic carbocycles. The van der Waals surface area contributed by atoms with Crippen LogP contribution in [0, 0.1) is 25.7 Å². The molecule has 0 aliphatic heterocycles. The Kier molecular flexibility index (Phi) is 4.92. The molecular weight excluding hydrogens is 348 g/mol. The fourth-order valence-electron chi connectivity index (χ4n) is 3.80. The molecular formula is C23H28N4O. The Morgan fingerprint density at radius 2 is 1.93 bits per heavy atom. The number of aryl methyl sites for hydroxylation is 2. The summed E-state index contributed by atoms with van der Waals surface area (Å²) >= 11 is 0. The number of hydrogen-bond donors (Lipinski definition) is 1. The van der Waals surface area contributed by atoms with Crippen molar-refractivity contribution in [3.63, 3.8) is 0 Å². The van der Waals surface area contributed by atoms with E-state index in [9.17, 15) is 4.79 Å². The lowest BCUT2D eigenvalue weighted by molar-refractivity contribution is 0.0975. The summed E-state index contributed by atoms with van der Waals surface area (Å²) in [5.74, 6) is 2.22. The van der Waals surface area contributed by atoms with E-state index in [2.05, 4.69) is 45.7 Å². The van der Waals surface area contributed by atoms with Gasteiger partial charge in [0.05, 0.1) is 11.9 Å². The second-order valence-electron chi connectivity index (χ2n) is 8.44. The van der Waals surface area contributed by atoms with Gasteiger partial charge in [0.1, 0.15) is 0 Å². The quantitative estimate of drug-likeness (QED) is 0.585. The van der Waals surface area contributed by atoms with Crippen LogP contribution in [-0.4, -0.2) is 26.7 Å². The summed E-state index contributed by atoms with van der Waals surface area (Å²) in [5.41, 5.74) is 5.89. The largest absolute Gasteiger partial charge is 0.367 e. The Morgan fingerprint density at radius 1 is 1.21 bits per heavy atom. The van der Waals surface area contributed by atoms with Gasteiger partial charge >= 0.3 is 0 Å². The van der Waals surface area contributed by atoms with Crippen molar-refractivity contribution in [1.82, 2.24) is 14.4 Å². The van der Waals surface area contributed by atoms with Gasteiger partial charge in [-0.15, -0.1) is 0 Å². The van der Waals surface area contributed by atoms with E-state index in [1.807, 2.05) is 26.2 Å². The summed E-state index contributed by atoms with van der Waals surface area (Å²) in [7, 11) is 0. The molecule has 2 heterocycles. The number of fused-ring (bicyclic) bond motifs is 1. The average molecular weight is 377 g/mol. The minimum atomic E-state index is 0.284. The number of benzene rings is 1. The lowest BCUT2D eigenvalue weighted by Gasteiger charge is -2.12. The molecule has 0 atom stereocenters. The molecule has 0 bridgehead atoms. The number of carbonyl (C=O) groups is 1. The molecule has 1 fully saturated rings. The van der Waals surface area contributed by atoms with Crippen LogP contribution in [0.1, 0.15) is 54.6 Å². The minimum absolute atomic E-state index is 0.284. The first-order chi connectivity index (χ1) is 13.4. The number of imidazole rings is 1. The Labute approximate surface area is 166 Å². The van der Waals surface area contributed by atoms with E-state index in [0.717, 1.165) is 46.0 Å². The molecule has 5 heteroatoms. The summed E-state index contributed by atoms with van der Waals surface area (Å²) in [6.45, 7) is 9.27. The monoisotopic (exact) mass is 376 g/mol. The molecule has 4 rings (SSSR count). The average Bonchev–Trinajstić information content (AvgIpc) is 3.33. The Balaban J connectivity index is 1.70. The van der Waals surface area contributed by atoms with Crippen LogP contribution in [0.2, 0.25) is 0 Å². The van der Waals surface area contributed by atoms with Crippen molar-refractivity contribution in [3.8, 4) is 11.3 Å². The van der Waals surface area contributed by atoms with Crippen LogP contribution in [-0.2, 0) is 0 Å². The summed E-state index contributed by atoms with van der Waals surface area (Å²) in [6.07, 6.45) is 8.71. The maximum atomic E-state index is 12.7. The van der Waals surface area contributed by atoms with Gasteiger partial charge in [0.15, 0.2) is 17.2 Å². The molecule has 1 aliphatic rings. The maximum absolute atomic E-state index is 12.7. The summed E-state index contributed by atoms with van der Waals surface area (Å²) in [5, 5.41) is 3.38. The number of nitrogens with zero attached hydrogens (tertiary/aromatic N) is 3. The second kappa shape index (κ2) is 7.38. The highest BCUT2D eigenvalue weighted by Gasteiger charge is 2.26. The number of anilines is 1. The first-order valence-electron chi connectivity index (χ1n) is 10.1. The van der Waals surface area contributed by atoms with Crippen LogP contribution in [0.5, 0.6) is 0 Å². The predicted octanol–water partition coefficient (Wildman–Crippen LogP) is 5.06. The Bertz CT molecular complexity index is 1010. The van der Waals surface area contributed by atoms with Gasteiger partial charge in [0, 0.05) is 36.5 Å². The molecule has 0 saturated heterocycles. The molecule has 0 unspecified atom stereocenters. The van der Waals surface area contributed by atoms with Gasteiger partial charge in [-0.2, -0.15) is 0 Å². The van der Waals surface area contributed by atoms with Crippen LogP contribution in [0.4, 0.5) is 5.82 Å². The molecule has 146 valence electrons. The topological polar surface area (TPSA) is 59.3 Å². The number of ketones is 1. The van der Waals surface area contributed by atoms with Gasteiger partial charge in [0.2, 0.25) is 0 Å². The zero-order valence-electron chi connectivity index (χ0n) is 17.1. The van der Waals surface area contributed by atoms with Crippen molar-refractivity contribution in [3.05, 3.63) is 47.4 Å². The van der Waals surface area contributed by atoms with Crippen molar-refractivity contribution in [1.29, 1.82) is 0 Å². The van der Waals surface area contributed by atoms with E-state index < -0.39 is 0 Å². The van der Waals surface area contributed by atoms with E-state index in [4.69, 9.17) is 0 Å². The van der Waals surface area contributed by atoms with Gasteiger partial charge in [-0.3, -0.25) is 9.20 Å². The maximum Gasteiger partial charge on any atom is 0.180 e. The summed E-state index contributed by atoms with van der Waals surface area (Å²) < 4.78 is 2.07. The van der Waals surface area contributed by atoms with Crippen LogP contribution >= 0.6 is 0 Å². The first kappa shape index (κ1) is 18.7. The molecule has 1 saturated carbocycles. The molecule has 2 aromatic heterocycles. The van der Waals surface area contributed by atoms with Crippen LogP contribution < -0.4 is 5.32 Å². The zero-order chi connectivity index (χ0) is 19.8. The molecule has 3 aromatic rings. The number of aromatic nitrogens is 3. The number of rotatable bonds is 7. The second-order valence-corrected chi connectivity index (χ2v) is 8.44. The molecule has 28 heavy (non-hydrogen) atoms. The van der Waals surface area contributed by atoms with Crippen molar-refractivity contribution in [2.45, 2.75) is 47.0 Å². The fourth-order valence-corrected chi connectivity index (χ4v) is 3.80.